The molecule has 1 aliphatic rings. The number of allylic oxidation sites excluding steroid dienone is 3. The monoisotopic (exact) mass is 386 g/mol. The Morgan fingerprint density at radius 2 is 2.41 bits per heavy atom. The fourth-order valence-corrected chi connectivity index (χ4v) is 3.13. The maximum Gasteiger partial charge on any atom is 0.133 e. The second kappa shape index (κ2) is 14.8. The zero-order valence-electron chi connectivity index (χ0n) is 16.3. The minimum Gasteiger partial charge on any atom is -0.350 e. The van der Waals surface area contributed by atoms with Gasteiger partial charge in [0.05, 0.1) is 11.9 Å². The van der Waals surface area contributed by atoms with Crippen molar-refractivity contribution in [2.24, 2.45) is 21.0 Å². The van der Waals surface area contributed by atoms with E-state index in [2.05, 4.69) is 43.9 Å². The lowest BCUT2D eigenvalue weighted by atomic mass is 9.98. The number of nitrogens with zero attached hydrogens (tertiary/aromatic N) is 4. The molecule has 0 unspecified atom stereocenters. The minimum atomic E-state index is 0.540. The molecule has 0 aromatic rings. The Hall–Kier alpha value is -2.33. The van der Waals surface area contributed by atoms with Crippen LogP contribution in [0.25, 0.3) is 0 Å². The Bertz CT molecular complexity index is 639. The first-order valence-corrected chi connectivity index (χ1v) is 10.3. The Balaban J connectivity index is 2.75. The Kier molecular flexibility index (Phi) is 12.4. The Morgan fingerprint density at radius 3 is 3.15 bits per heavy atom. The summed E-state index contributed by atoms with van der Waals surface area (Å²) in [6.45, 7) is 8.85. The third-order valence-corrected chi connectivity index (χ3v) is 4.80. The highest BCUT2D eigenvalue weighted by molar-refractivity contribution is 8.03. The number of rotatable bonds is 7. The van der Waals surface area contributed by atoms with Crippen molar-refractivity contribution in [1.29, 1.82) is 5.26 Å². The average Bonchev–Trinajstić information content (AvgIpc) is 2.73. The molecule has 1 aliphatic heterocycles. The van der Waals surface area contributed by atoms with Crippen molar-refractivity contribution in [3.63, 3.8) is 0 Å². The van der Waals surface area contributed by atoms with Crippen LogP contribution in [0.2, 0.25) is 0 Å². The van der Waals surface area contributed by atoms with E-state index in [9.17, 15) is 0 Å². The number of hydrazone groups is 1. The fourth-order valence-electron chi connectivity index (χ4n) is 2.49. The van der Waals surface area contributed by atoms with Gasteiger partial charge in [0.2, 0.25) is 0 Å². The van der Waals surface area contributed by atoms with Gasteiger partial charge >= 0.3 is 0 Å². The van der Waals surface area contributed by atoms with Crippen molar-refractivity contribution >= 4 is 30.2 Å². The first-order chi connectivity index (χ1) is 13.2. The van der Waals surface area contributed by atoms with Gasteiger partial charge in [-0.05, 0) is 56.5 Å². The summed E-state index contributed by atoms with van der Waals surface area (Å²) >= 11 is 1.34. The molecule has 0 aliphatic carbocycles. The third-order valence-electron chi connectivity index (χ3n) is 4.03. The lowest BCUT2D eigenvalue weighted by molar-refractivity contribution is 0.478. The molecule has 146 valence electrons. The number of nitriles is 1. The van der Waals surface area contributed by atoms with E-state index in [1.807, 2.05) is 26.1 Å². The van der Waals surface area contributed by atoms with Crippen molar-refractivity contribution in [3.8, 4) is 5.40 Å². The smallest absolute Gasteiger partial charge is 0.133 e. The molecular formula is C20H30N6S. The van der Waals surface area contributed by atoms with E-state index in [1.165, 1.54) is 18.1 Å². The summed E-state index contributed by atoms with van der Waals surface area (Å²) in [7, 11) is 0. The normalized spacial score (nSPS) is 22.3. The lowest BCUT2D eigenvalue weighted by Crippen LogP contribution is -2.15. The molecule has 6 nitrogen and oxygen atoms in total. The molecule has 0 spiro atoms. The summed E-state index contributed by atoms with van der Waals surface area (Å²) in [6, 6.07) is 0. The van der Waals surface area contributed by atoms with Gasteiger partial charge in [0.25, 0.3) is 0 Å². The standard InChI is InChI=1S/C20H30N6S/c1-4-11-22-20(5-2)24-16-23-17(3)19-10-6-8-18(14-27-15-21)9-7-12-25-26-13-19/h4,10-11,13,16,18,25H,3,5-9,12,14H2,1-2H3,(H,22,23,24)/b11-4-,19-10+,26-13-/t18-/m1/s1. The molecule has 0 amide bonds. The molecule has 1 heterocycles. The molecule has 0 saturated carbocycles. The Labute approximate surface area is 167 Å². The van der Waals surface area contributed by atoms with Crippen LogP contribution >= 0.6 is 11.8 Å². The second-order valence-corrected chi connectivity index (χ2v) is 6.88. The van der Waals surface area contributed by atoms with E-state index >= 15 is 0 Å². The van der Waals surface area contributed by atoms with Gasteiger partial charge in [-0.2, -0.15) is 10.4 Å². The second-order valence-electron chi connectivity index (χ2n) is 6.08. The van der Waals surface area contributed by atoms with Crippen LogP contribution in [0.5, 0.6) is 0 Å². The molecule has 2 N–H and O–H groups in total. The summed E-state index contributed by atoms with van der Waals surface area (Å²) < 4.78 is 0. The minimum absolute atomic E-state index is 0.540. The topological polar surface area (TPSA) is 84.9 Å². The van der Waals surface area contributed by atoms with Crippen LogP contribution in [0.3, 0.4) is 0 Å². The van der Waals surface area contributed by atoms with Crippen LogP contribution in [-0.2, 0) is 0 Å². The predicted molar refractivity (Wildman–Crippen MR) is 118 cm³/mol. The molecule has 1 rings (SSSR count). The van der Waals surface area contributed by atoms with E-state index in [4.69, 9.17) is 5.26 Å². The summed E-state index contributed by atoms with van der Waals surface area (Å²) in [5.74, 6) is 2.26. The maximum absolute atomic E-state index is 8.79. The highest BCUT2D eigenvalue weighted by Gasteiger charge is 2.09. The molecule has 0 fully saturated rings. The molecule has 27 heavy (non-hydrogen) atoms. The summed E-state index contributed by atoms with van der Waals surface area (Å²) in [6.07, 6.45) is 14.1. The maximum atomic E-state index is 8.79. The van der Waals surface area contributed by atoms with Crippen LogP contribution < -0.4 is 10.7 Å². The number of hydrogen-bond donors (Lipinski definition) is 2. The van der Waals surface area contributed by atoms with E-state index in [0.717, 1.165) is 55.8 Å². The van der Waals surface area contributed by atoms with Crippen LogP contribution in [0.1, 0.15) is 46.0 Å². The average molecular weight is 387 g/mol. The number of thiocyanates is 1. The van der Waals surface area contributed by atoms with E-state index in [-0.39, 0.29) is 0 Å². The number of thioether (sulfide) groups is 1. The Morgan fingerprint density at radius 1 is 1.56 bits per heavy atom. The van der Waals surface area contributed by atoms with E-state index < -0.39 is 0 Å². The van der Waals surface area contributed by atoms with Gasteiger partial charge in [-0.1, -0.05) is 25.7 Å². The van der Waals surface area contributed by atoms with Crippen LogP contribution in [0.4, 0.5) is 0 Å². The SMILES string of the molecule is C=C(/N=C\N=C(/CC)N/C=C\C)C1=C/CC[C@@H](CSC#N)CCCN/N=C\1. The van der Waals surface area contributed by atoms with E-state index in [0.29, 0.717) is 11.6 Å². The summed E-state index contributed by atoms with van der Waals surface area (Å²) in [5, 5.41) is 18.3. The van der Waals surface area contributed by atoms with Crippen LogP contribution in [0.15, 0.2) is 51.3 Å². The van der Waals surface area contributed by atoms with Crippen molar-refractivity contribution < 1.29 is 0 Å². The molecule has 0 saturated heterocycles. The van der Waals surface area contributed by atoms with Gasteiger partial charge in [0, 0.05) is 24.3 Å². The highest BCUT2D eigenvalue weighted by atomic mass is 32.2. The fraction of sp³-hybridized carbons (Fsp3) is 0.500. The molecule has 1 atom stereocenters. The van der Waals surface area contributed by atoms with Crippen molar-refractivity contribution in [2.75, 3.05) is 12.3 Å². The number of hydrogen-bond acceptors (Lipinski definition) is 5. The van der Waals surface area contributed by atoms with Crippen LogP contribution in [0, 0.1) is 16.6 Å². The number of nitrogens with one attached hydrogen (secondary N) is 2. The molecule has 7 heteroatoms. The van der Waals surface area contributed by atoms with Gasteiger partial charge in [-0.25, -0.2) is 9.98 Å². The summed E-state index contributed by atoms with van der Waals surface area (Å²) in [4.78, 5) is 8.69. The lowest BCUT2D eigenvalue weighted by Gasteiger charge is -2.13. The van der Waals surface area contributed by atoms with E-state index in [1.54, 1.807) is 6.21 Å². The first-order valence-electron chi connectivity index (χ1n) is 9.34. The molecule has 0 aromatic heterocycles. The summed E-state index contributed by atoms with van der Waals surface area (Å²) in [5.41, 5.74) is 4.59. The van der Waals surface area contributed by atoms with Crippen molar-refractivity contribution in [2.45, 2.75) is 46.0 Å². The first kappa shape index (κ1) is 22.7. The van der Waals surface area contributed by atoms with Gasteiger partial charge in [-0.15, -0.1) is 0 Å². The van der Waals surface area contributed by atoms with Crippen LogP contribution in [-0.4, -0.2) is 30.7 Å². The zero-order chi connectivity index (χ0) is 19.7. The van der Waals surface area contributed by atoms with Gasteiger partial charge < -0.3 is 10.7 Å². The molecule has 0 radical (unpaired) electrons. The number of aliphatic imine (C=N–C) groups is 2. The quantitative estimate of drug-likeness (QED) is 0.387. The number of amidine groups is 1. The van der Waals surface area contributed by atoms with Crippen molar-refractivity contribution in [1.82, 2.24) is 10.7 Å². The molecular weight excluding hydrogens is 356 g/mol. The predicted octanol–water partition coefficient (Wildman–Crippen LogP) is 4.37. The third kappa shape index (κ3) is 10.4. The molecule has 0 aromatic carbocycles. The van der Waals surface area contributed by atoms with Gasteiger partial charge in [0.1, 0.15) is 17.6 Å². The zero-order valence-corrected chi connectivity index (χ0v) is 17.1. The van der Waals surface area contributed by atoms with Gasteiger partial charge in [0.15, 0.2) is 0 Å². The highest BCUT2D eigenvalue weighted by Crippen LogP contribution is 2.20. The largest absolute Gasteiger partial charge is 0.350 e. The van der Waals surface area contributed by atoms with Crippen molar-refractivity contribution in [3.05, 3.63) is 36.2 Å². The molecule has 0 bridgehead atoms. The van der Waals surface area contributed by atoms with Gasteiger partial charge in [-0.3, -0.25) is 0 Å².